The highest BCUT2D eigenvalue weighted by Crippen LogP contribution is 2.38. The summed E-state index contributed by atoms with van der Waals surface area (Å²) in [6, 6.07) is 4.24. The predicted octanol–water partition coefficient (Wildman–Crippen LogP) is 3.73. The lowest BCUT2D eigenvalue weighted by Crippen LogP contribution is -2.37. The molecular weight excluding hydrogens is 328 g/mol. The van der Waals surface area contributed by atoms with Gasteiger partial charge in [-0.05, 0) is 64.0 Å². The van der Waals surface area contributed by atoms with Crippen LogP contribution in [0.25, 0.3) is 11.2 Å². The minimum Gasteiger partial charge on any atom is -0.389 e. The van der Waals surface area contributed by atoms with Gasteiger partial charge in [0.2, 0.25) is 11.9 Å². The average Bonchev–Trinajstić information content (AvgIpc) is 3.15. The van der Waals surface area contributed by atoms with Crippen molar-refractivity contribution in [3.8, 4) is 0 Å². The Kier molecular flexibility index (Phi) is 4.47. The molecule has 6 heteroatoms. The predicted molar refractivity (Wildman–Crippen MR) is 101 cm³/mol. The van der Waals surface area contributed by atoms with Crippen LogP contribution in [0.3, 0.4) is 0 Å². The number of aryl methyl sites for hydroxylation is 1. The summed E-state index contributed by atoms with van der Waals surface area (Å²) in [6.07, 6.45) is 7.77. The Hall–Kier alpha value is -1.95. The molecule has 0 bridgehead atoms. The summed E-state index contributed by atoms with van der Waals surface area (Å²) < 4.78 is 2.08. The van der Waals surface area contributed by atoms with Crippen molar-refractivity contribution in [2.75, 3.05) is 5.32 Å². The van der Waals surface area contributed by atoms with Gasteiger partial charge in [-0.2, -0.15) is 0 Å². The fourth-order valence-corrected chi connectivity index (χ4v) is 4.33. The van der Waals surface area contributed by atoms with E-state index in [0.29, 0.717) is 12.0 Å². The molecule has 2 heterocycles. The molecule has 0 saturated heterocycles. The van der Waals surface area contributed by atoms with Gasteiger partial charge in [-0.1, -0.05) is 12.8 Å². The molecule has 2 aliphatic rings. The van der Waals surface area contributed by atoms with Crippen LogP contribution in [0.15, 0.2) is 12.1 Å². The van der Waals surface area contributed by atoms with Crippen LogP contribution in [-0.4, -0.2) is 31.1 Å². The van der Waals surface area contributed by atoms with Crippen molar-refractivity contribution in [1.29, 1.82) is 0 Å². The van der Waals surface area contributed by atoms with Crippen molar-refractivity contribution in [1.82, 2.24) is 14.5 Å². The molecule has 2 fully saturated rings. The summed E-state index contributed by atoms with van der Waals surface area (Å²) >= 11 is 0. The molecule has 0 aliphatic heterocycles. The molecule has 140 valence electrons. The summed E-state index contributed by atoms with van der Waals surface area (Å²) in [5.74, 6) is 0.604. The maximum Gasteiger partial charge on any atom is 0.229 e. The van der Waals surface area contributed by atoms with E-state index in [4.69, 9.17) is 0 Å². The van der Waals surface area contributed by atoms with Crippen molar-refractivity contribution in [2.24, 2.45) is 5.92 Å². The number of imidazole rings is 1. The van der Waals surface area contributed by atoms with Crippen molar-refractivity contribution in [2.45, 2.75) is 76.9 Å². The quantitative estimate of drug-likeness (QED) is 0.855. The number of hydrogen-bond acceptors (Lipinski definition) is 4. The zero-order valence-corrected chi connectivity index (χ0v) is 15.7. The number of pyridine rings is 1. The molecule has 6 nitrogen and oxygen atoms in total. The van der Waals surface area contributed by atoms with E-state index in [0.717, 1.165) is 55.4 Å². The Morgan fingerprint density at radius 3 is 2.62 bits per heavy atom. The second-order valence-corrected chi connectivity index (χ2v) is 8.25. The third-order valence-corrected chi connectivity index (χ3v) is 6.12. The van der Waals surface area contributed by atoms with Gasteiger partial charge in [0.05, 0.1) is 12.0 Å². The van der Waals surface area contributed by atoms with Gasteiger partial charge in [-0.3, -0.25) is 14.7 Å². The molecule has 26 heavy (non-hydrogen) atoms. The Morgan fingerprint density at radius 2 is 1.96 bits per heavy atom. The topological polar surface area (TPSA) is 80.0 Å². The normalized spacial score (nSPS) is 20.9. The van der Waals surface area contributed by atoms with E-state index in [1.165, 1.54) is 6.42 Å². The monoisotopic (exact) mass is 356 g/mol. The van der Waals surface area contributed by atoms with E-state index in [2.05, 4.69) is 19.9 Å². The van der Waals surface area contributed by atoms with Crippen LogP contribution in [0.1, 0.15) is 70.0 Å². The molecule has 0 radical (unpaired) electrons. The van der Waals surface area contributed by atoms with Gasteiger partial charge in [0.25, 0.3) is 0 Å². The molecule has 2 aromatic rings. The summed E-state index contributed by atoms with van der Waals surface area (Å²) in [4.78, 5) is 21.9. The first-order valence-electron chi connectivity index (χ1n) is 9.82. The summed E-state index contributed by atoms with van der Waals surface area (Å²) in [6.45, 7) is 3.76. The van der Waals surface area contributed by atoms with E-state index in [1.54, 1.807) is 6.92 Å². The molecule has 2 aromatic heterocycles. The minimum absolute atomic E-state index is 0.109. The van der Waals surface area contributed by atoms with E-state index < -0.39 is 5.60 Å². The maximum atomic E-state index is 12.7. The number of carbonyl (C=O) groups excluding carboxylic acids is 1. The summed E-state index contributed by atoms with van der Waals surface area (Å²) in [7, 11) is 0. The number of rotatable bonds is 5. The minimum atomic E-state index is -0.956. The summed E-state index contributed by atoms with van der Waals surface area (Å²) in [5.41, 5.74) is 1.64. The molecule has 0 spiro atoms. The van der Waals surface area contributed by atoms with Gasteiger partial charge in [-0.15, -0.1) is 0 Å². The highest BCUT2D eigenvalue weighted by Gasteiger charge is 2.36. The number of nitrogens with zero attached hydrogens (tertiary/aromatic N) is 3. The number of amides is 1. The number of anilines is 1. The Morgan fingerprint density at radius 1 is 1.23 bits per heavy atom. The molecule has 1 unspecified atom stereocenters. The third-order valence-electron chi connectivity index (χ3n) is 6.12. The molecule has 2 saturated carbocycles. The van der Waals surface area contributed by atoms with Crippen molar-refractivity contribution < 1.29 is 9.90 Å². The number of nitrogens with one attached hydrogen (secondary N) is 1. The van der Waals surface area contributed by atoms with Gasteiger partial charge >= 0.3 is 0 Å². The third kappa shape index (κ3) is 3.22. The van der Waals surface area contributed by atoms with Crippen LogP contribution in [0.2, 0.25) is 0 Å². The number of carbonyl (C=O) groups is 1. The lowest BCUT2D eigenvalue weighted by molar-refractivity contribution is -0.122. The first-order chi connectivity index (χ1) is 12.4. The van der Waals surface area contributed by atoms with E-state index in [-0.39, 0.29) is 18.2 Å². The average molecular weight is 356 g/mol. The highest BCUT2D eigenvalue weighted by molar-refractivity contribution is 5.91. The van der Waals surface area contributed by atoms with Crippen molar-refractivity contribution in [3.63, 3.8) is 0 Å². The van der Waals surface area contributed by atoms with Gasteiger partial charge in [0.1, 0.15) is 5.52 Å². The van der Waals surface area contributed by atoms with E-state index >= 15 is 0 Å². The molecule has 0 aromatic carbocycles. The van der Waals surface area contributed by atoms with Crippen LogP contribution in [0.5, 0.6) is 0 Å². The SMILES string of the molecule is Cc1ccc2nc(NC(=O)CC(C)(O)C3CCCC3)n(C3CCC3)c2n1. The smallest absolute Gasteiger partial charge is 0.229 e. The Balaban J connectivity index is 1.57. The van der Waals surface area contributed by atoms with Crippen LogP contribution < -0.4 is 5.32 Å². The van der Waals surface area contributed by atoms with Gasteiger partial charge in [0, 0.05) is 11.7 Å². The number of aliphatic hydroxyl groups is 1. The molecule has 2 N–H and O–H groups in total. The van der Waals surface area contributed by atoms with Crippen LogP contribution in [-0.2, 0) is 4.79 Å². The maximum absolute atomic E-state index is 12.7. The van der Waals surface area contributed by atoms with Crippen molar-refractivity contribution >= 4 is 23.0 Å². The first-order valence-corrected chi connectivity index (χ1v) is 9.82. The fourth-order valence-electron chi connectivity index (χ4n) is 4.33. The molecular formula is C20H28N4O2. The Labute approximate surface area is 154 Å². The van der Waals surface area contributed by atoms with Gasteiger partial charge in [-0.25, -0.2) is 9.97 Å². The van der Waals surface area contributed by atoms with Gasteiger partial charge < -0.3 is 5.11 Å². The second kappa shape index (κ2) is 6.65. The number of aromatic nitrogens is 3. The van der Waals surface area contributed by atoms with E-state index in [9.17, 15) is 9.90 Å². The lowest BCUT2D eigenvalue weighted by atomic mass is 9.85. The highest BCUT2D eigenvalue weighted by atomic mass is 16.3. The molecule has 2 aliphatic carbocycles. The first kappa shape index (κ1) is 17.5. The molecule has 4 rings (SSSR count). The zero-order chi connectivity index (χ0) is 18.3. The largest absolute Gasteiger partial charge is 0.389 e. The molecule has 1 amide bonds. The van der Waals surface area contributed by atoms with E-state index in [1.807, 2.05) is 19.1 Å². The zero-order valence-electron chi connectivity index (χ0n) is 15.7. The standard InChI is InChI=1S/C20H28N4O2/c1-13-10-11-16-18(21-13)24(15-8-5-9-15)19(22-16)23-17(25)12-20(2,26)14-6-3-4-7-14/h10-11,14-15,26H,3-9,12H2,1-2H3,(H,22,23,25). The molecule has 1 atom stereocenters. The number of hydrogen-bond donors (Lipinski definition) is 2. The lowest BCUT2D eigenvalue weighted by Gasteiger charge is -2.30. The fraction of sp³-hybridized carbons (Fsp3) is 0.650. The van der Waals surface area contributed by atoms with Crippen LogP contribution >= 0.6 is 0 Å². The number of fused-ring (bicyclic) bond motifs is 1. The van der Waals surface area contributed by atoms with Gasteiger partial charge in [0.15, 0.2) is 5.65 Å². The summed E-state index contributed by atoms with van der Waals surface area (Å²) in [5, 5.41) is 13.7. The van der Waals surface area contributed by atoms with Crippen molar-refractivity contribution in [3.05, 3.63) is 17.8 Å². The van der Waals surface area contributed by atoms with Crippen LogP contribution in [0, 0.1) is 12.8 Å². The Bertz CT molecular complexity index is 817. The second-order valence-electron chi connectivity index (χ2n) is 8.25. The van der Waals surface area contributed by atoms with Crippen LogP contribution in [0.4, 0.5) is 5.95 Å².